The van der Waals surface area contributed by atoms with E-state index in [1.54, 1.807) is 27.7 Å². The van der Waals surface area contributed by atoms with Gasteiger partial charge in [-0.25, -0.2) is 4.79 Å². The highest BCUT2D eigenvalue weighted by atomic mass is 16.5. The molecule has 1 atom stereocenters. The Morgan fingerprint density at radius 3 is 2.03 bits per heavy atom. The third-order valence-corrected chi connectivity index (χ3v) is 5.78. The molecule has 2 amide bonds. The number of alkyl carbamates (subject to hydrolysis) is 1. The van der Waals surface area contributed by atoms with Gasteiger partial charge >= 0.3 is 12.1 Å². The zero-order valence-electron chi connectivity index (χ0n) is 19.9. The summed E-state index contributed by atoms with van der Waals surface area (Å²) < 4.78 is 5.48. The number of amides is 2. The maximum absolute atomic E-state index is 13.1. The highest BCUT2D eigenvalue weighted by Crippen LogP contribution is 2.44. The van der Waals surface area contributed by atoms with E-state index in [2.05, 4.69) is 5.32 Å². The van der Waals surface area contributed by atoms with E-state index >= 15 is 0 Å². The first-order valence-corrected chi connectivity index (χ1v) is 11.3. The topological polar surface area (TPSA) is 116 Å². The van der Waals surface area contributed by atoms with Gasteiger partial charge in [0, 0.05) is 18.5 Å². The second kappa shape index (κ2) is 10.3. The van der Waals surface area contributed by atoms with Crippen LogP contribution >= 0.6 is 0 Å². The van der Waals surface area contributed by atoms with Gasteiger partial charge in [-0.3, -0.25) is 9.59 Å². The van der Waals surface area contributed by atoms with Crippen molar-refractivity contribution >= 4 is 18.0 Å². The average molecular weight is 469 g/mol. The largest absolute Gasteiger partial charge is 0.481 e. The SMILES string of the molecule is CC(C)N(CC(C)(C)O)C(=O)C(CC(=O)O)NC(=O)OCC1c2ccccc2-c2ccccc21. The van der Waals surface area contributed by atoms with E-state index in [-0.39, 0.29) is 25.1 Å². The van der Waals surface area contributed by atoms with Crippen LogP contribution in [0.4, 0.5) is 4.79 Å². The second-order valence-corrected chi connectivity index (χ2v) is 9.49. The lowest BCUT2D eigenvalue weighted by Gasteiger charge is -2.34. The van der Waals surface area contributed by atoms with Gasteiger partial charge in [-0.1, -0.05) is 48.5 Å². The van der Waals surface area contributed by atoms with Crippen LogP contribution in [0.5, 0.6) is 0 Å². The van der Waals surface area contributed by atoms with Gasteiger partial charge in [-0.2, -0.15) is 0 Å². The maximum Gasteiger partial charge on any atom is 0.407 e. The Bertz CT molecular complexity index is 1010. The summed E-state index contributed by atoms with van der Waals surface area (Å²) in [7, 11) is 0. The molecule has 2 aromatic rings. The van der Waals surface area contributed by atoms with Crippen LogP contribution in [0.2, 0.25) is 0 Å². The molecular weight excluding hydrogens is 436 g/mol. The molecule has 0 spiro atoms. The highest BCUT2D eigenvalue weighted by Gasteiger charge is 2.34. The molecule has 0 saturated carbocycles. The van der Waals surface area contributed by atoms with Crippen molar-refractivity contribution in [2.24, 2.45) is 0 Å². The molecule has 0 aliphatic heterocycles. The number of benzene rings is 2. The second-order valence-electron chi connectivity index (χ2n) is 9.49. The number of hydrogen-bond donors (Lipinski definition) is 3. The standard InChI is InChI=1S/C26H32N2O6/c1-16(2)28(15-26(3,4)33)24(31)22(13-23(29)30)27-25(32)34-14-21-19-11-7-5-9-17(19)18-10-6-8-12-20(18)21/h5-12,16,21-22,33H,13-15H2,1-4H3,(H,27,32)(H,29,30). The first-order valence-electron chi connectivity index (χ1n) is 11.3. The number of rotatable bonds is 9. The lowest BCUT2D eigenvalue weighted by Crippen LogP contribution is -2.54. The number of nitrogens with one attached hydrogen (secondary N) is 1. The van der Waals surface area contributed by atoms with Crippen molar-refractivity contribution in [3.05, 3.63) is 59.7 Å². The van der Waals surface area contributed by atoms with Gasteiger partial charge in [-0.05, 0) is 49.9 Å². The summed E-state index contributed by atoms with van der Waals surface area (Å²) in [5, 5.41) is 21.9. The Morgan fingerprint density at radius 1 is 1.03 bits per heavy atom. The Hall–Kier alpha value is -3.39. The van der Waals surface area contributed by atoms with E-state index in [9.17, 15) is 24.6 Å². The molecular formula is C26H32N2O6. The van der Waals surface area contributed by atoms with E-state index in [0.29, 0.717) is 0 Å². The molecule has 3 N–H and O–H groups in total. The maximum atomic E-state index is 13.1. The van der Waals surface area contributed by atoms with Gasteiger partial charge < -0.3 is 25.2 Å². The molecule has 0 radical (unpaired) electrons. The minimum absolute atomic E-state index is 0.00795. The molecule has 8 nitrogen and oxygen atoms in total. The van der Waals surface area contributed by atoms with E-state index < -0.39 is 36.0 Å². The number of nitrogens with zero attached hydrogens (tertiary/aromatic N) is 1. The Labute approximate surface area is 199 Å². The number of carbonyl (C=O) groups is 3. The number of carboxylic acids is 1. The fourth-order valence-corrected chi connectivity index (χ4v) is 4.29. The summed E-state index contributed by atoms with van der Waals surface area (Å²) in [5.41, 5.74) is 3.09. The van der Waals surface area contributed by atoms with E-state index in [4.69, 9.17) is 4.74 Å². The third kappa shape index (κ3) is 5.94. The van der Waals surface area contributed by atoms with Gasteiger partial charge in [0.05, 0.1) is 12.0 Å². The van der Waals surface area contributed by atoms with Gasteiger partial charge in [0.1, 0.15) is 12.6 Å². The van der Waals surface area contributed by atoms with Crippen LogP contribution in [0.1, 0.15) is 51.2 Å². The highest BCUT2D eigenvalue weighted by molar-refractivity contribution is 5.89. The smallest absolute Gasteiger partial charge is 0.407 e. The van der Waals surface area contributed by atoms with Crippen molar-refractivity contribution in [2.75, 3.05) is 13.2 Å². The van der Waals surface area contributed by atoms with Crippen molar-refractivity contribution in [3.63, 3.8) is 0 Å². The van der Waals surface area contributed by atoms with Crippen LogP contribution in [-0.4, -0.2) is 63.9 Å². The van der Waals surface area contributed by atoms with Crippen molar-refractivity contribution in [3.8, 4) is 11.1 Å². The molecule has 182 valence electrons. The Kier molecular flexibility index (Phi) is 7.61. The minimum Gasteiger partial charge on any atom is -0.481 e. The molecule has 0 bridgehead atoms. The molecule has 0 heterocycles. The predicted octanol–water partition coefficient (Wildman–Crippen LogP) is 3.38. The molecule has 34 heavy (non-hydrogen) atoms. The number of hydrogen-bond acceptors (Lipinski definition) is 5. The predicted molar refractivity (Wildman–Crippen MR) is 127 cm³/mol. The molecule has 1 aliphatic rings. The zero-order chi connectivity index (χ0) is 25.0. The Balaban J connectivity index is 1.72. The van der Waals surface area contributed by atoms with Crippen LogP contribution in [0.15, 0.2) is 48.5 Å². The van der Waals surface area contributed by atoms with Crippen LogP contribution in [-0.2, 0) is 14.3 Å². The average Bonchev–Trinajstić information content (AvgIpc) is 3.08. The van der Waals surface area contributed by atoms with Gasteiger partial charge in [0.2, 0.25) is 5.91 Å². The summed E-state index contributed by atoms with van der Waals surface area (Å²) in [6, 6.07) is 14.2. The minimum atomic E-state index is -1.32. The van der Waals surface area contributed by atoms with Crippen LogP contribution < -0.4 is 5.32 Å². The zero-order valence-corrected chi connectivity index (χ0v) is 19.9. The van der Waals surface area contributed by atoms with E-state index in [1.807, 2.05) is 48.5 Å². The lowest BCUT2D eigenvalue weighted by atomic mass is 9.98. The molecule has 1 unspecified atom stereocenters. The van der Waals surface area contributed by atoms with Gasteiger partial charge in [-0.15, -0.1) is 0 Å². The number of ether oxygens (including phenoxy) is 1. The number of aliphatic carboxylic acids is 1. The summed E-state index contributed by atoms with van der Waals surface area (Å²) in [6.45, 7) is 6.67. The first kappa shape index (κ1) is 25.2. The number of aliphatic hydroxyl groups is 1. The van der Waals surface area contributed by atoms with Gasteiger partial charge in [0.15, 0.2) is 0 Å². The van der Waals surface area contributed by atoms with Crippen LogP contribution in [0, 0.1) is 0 Å². The van der Waals surface area contributed by atoms with Crippen molar-refractivity contribution in [2.45, 2.75) is 57.7 Å². The quantitative estimate of drug-likeness (QED) is 0.520. The molecule has 0 aromatic heterocycles. The lowest BCUT2D eigenvalue weighted by molar-refractivity contribution is -0.144. The summed E-state index contributed by atoms with van der Waals surface area (Å²) in [6.07, 6.45) is -1.47. The van der Waals surface area contributed by atoms with Crippen molar-refractivity contribution in [1.82, 2.24) is 10.2 Å². The number of carbonyl (C=O) groups excluding carboxylic acids is 2. The van der Waals surface area contributed by atoms with Crippen LogP contribution in [0.25, 0.3) is 11.1 Å². The monoisotopic (exact) mass is 468 g/mol. The normalized spacial score (nSPS) is 13.7. The van der Waals surface area contributed by atoms with Gasteiger partial charge in [0.25, 0.3) is 0 Å². The Morgan fingerprint density at radius 2 is 1.56 bits per heavy atom. The van der Waals surface area contributed by atoms with Crippen molar-refractivity contribution < 1.29 is 29.3 Å². The summed E-state index contributed by atoms with van der Waals surface area (Å²) in [5.74, 6) is -1.98. The third-order valence-electron chi connectivity index (χ3n) is 5.78. The first-order chi connectivity index (χ1) is 16.0. The molecule has 8 heteroatoms. The van der Waals surface area contributed by atoms with Crippen LogP contribution in [0.3, 0.4) is 0 Å². The van der Waals surface area contributed by atoms with E-state index in [1.165, 1.54) is 4.90 Å². The fourth-order valence-electron chi connectivity index (χ4n) is 4.29. The van der Waals surface area contributed by atoms with Crippen molar-refractivity contribution in [1.29, 1.82) is 0 Å². The molecule has 2 aromatic carbocycles. The summed E-state index contributed by atoms with van der Waals surface area (Å²) in [4.78, 5) is 38.5. The molecule has 0 saturated heterocycles. The summed E-state index contributed by atoms with van der Waals surface area (Å²) >= 11 is 0. The molecule has 1 aliphatic carbocycles. The fraction of sp³-hybridized carbons (Fsp3) is 0.423. The number of fused-ring (bicyclic) bond motifs is 3. The number of carboxylic acid groups (broad SMARTS) is 1. The molecule has 0 fully saturated rings. The van der Waals surface area contributed by atoms with E-state index in [0.717, 1.165) is 22.3 Å². The molecule has 3 rings (SSSR count).